The number of halogens is 2. The predicted octanol–water partition coefficient (Wildman–Crippen LogP) is 3.34. The van der Waals surface area contributed by atoms with E-state index in [1.165, 1.54) is 0 Å². The monoisotopic (exact) mass is 418 g/mol. The van der Waals surface area contributed by atoms with Gasteiger partial charge in [0, 0.05) is 16.1 Å². The van der Waals surface area contributed by atoms with Crippen molar-refractivity contribution in [1.29, 1.82) is 0 Å². The van der Waals surface area contributed by atoms with Crippen LogP contribution in [0.3, 0.4) is 0 Å². The van der Waals surface area contributed by atoms with Gasteiger partial charge in [0.1, 0.15) is 4.60 Å². The molecule has 3 heterocycles. The van der Waals surface area contributed by atoms with Gasteiger partial charge >= 0.3 is 0 Å². The van der Waals surface area contributed by atoms with Gasteiger partial charge in [-0.2, -0.15) is 0 Å². The largest absolute Gasteiger partial charge is 0.255 e. The minimum absolute atomic E-state index is 0.536. The normalized spacial score (nSPS) is 11.4. The Morgan fingerprint density at radius 2 is 1.95 bits per heavy atom. The van der Waals surface area contributed by atoms with Crippen LogP contribution >= 0.6 is 31.9 Å². The quantitative estimate of drug-likeness (QED) is 0.498. The lowest BCUT2D eigenvalue weighted by atomic mass is 10.1. The van der Waals surface area contributed by atoms with Crippen LogP contribution in [0.5, 0.6) is 0 Å². The SMILES string of the molecule is Brc1cnc2ccc(Cn3nnc4ncc(Br)nc43)cc2c1. The molecular formula is C14H8Br2N6. The summed E-state index contributed by atoms with van der Waals surface area (Å²) in [6, 6.07) is 8.16. The van der Waals surface area contributed by atoms with Gasteiger partial charge in [0.25, 0.3) is 0 Å². The third-order valence-corrected chi connectivity index (χ3v) is 4.06. The smallest absolute Gasteiger partial charge is 0.221 e. The molecule has 3 aromatic heterocycles. The first-order valence-corrected chi connectivity index (χ1v) is 8.03. The van der Waals surface area contributed by atoms with Crippen molar-refractivity contribution < 1.29 is 0 Å². The first-order valence-electron chi connectivity index (χ1n) is 6.45. The van der Waals surface area contributed by atoms with E-state index in [0.717, 1.165) is 20.9 Å². The Labute approximate surface area is 141 Å². The molecule has 0 aliphatic carbocycles. The third kappa shape index (κ3) is 2.48. The molecule has 108 valence electrons. The van der Waals surface area contributed by atoms with E-state index in [4.69, 9.17) is 0 Å². The molecule has 0 bridgehead atoms. The molecule has 4 rings (SSSR count). The average Bonchev–Trinajstić information content (AvgIpc) is 2.89. The first kappa shape index (κ1) is 13.7. The number of benzene rings is 1. The fraction of sp³-hybridized carbons (Fsp3) is 0.0714. The van der Waals surface area contributed by atoms with Crippen molar-refractivity contribution >= 4 is 54.1 Å². The van der Waals surface area contributed by atoms with Gasteiger partial charge in [0.05, 0.1) is 18.3 Å². The van der Waals surface area contributed by atoms with E-state index in [2.05, 4.69) is 63.2 Å². The van der Waals surface area contributed by atoms with E-state index in [9.17, 15) is 0 Å². The van der Waals surface area contributed by atoms with Crippen LogP contribution in [0.4, 0.5) is 0 Å². The summed E-state index contributed by atoms with van der Waals surface area (Å²) in [6.07, 6.45) is 3.40. The van der Waals surface area contributed by atoms with E-state index < -0.39 is 0 Å². The first-order chi connectivity index (χ1) is 10.7. The Morgan fingerprint density at radius 3 is 2.86 bits per heavy atom. The van der Waals surface area contributed by atoms with Gasteiger partial charge < -0.3 is 0 Å². The second kappa shape index (κ2) is 5.36. The molecular weight excluding hydrogens is 412 g/mol. The summed E-state index contributed by atoms with van der Waals surface area (Å²) in [6.45, 7) is 0.573. The summed E-state index contributed by atoms with van der Waals surface area (Å²) in [4.78, 5) is 12.9. The summed E-state index contributed by atoms with van der Waals surface area (Å²) in [7, 11) is 0. The lowest BCUT2D eigenvalue weighted by Crippen LogP contribution is -2.03. The summed E-state index contributed by atoms with van der Waals surface area (Å²) >= 11 is 6.77. The van der Waals surface area contributed by atoms with Gasteiger partial charge in [-0.15, -0.1) is 5.10 Å². The zero-order valence-corrected chi connectivity index (χ0v) is 14.3. The molecule has 8 heteroatoms. The third-order valence-electron chi connectivity index (χ3n) is 3.24. The lowest BCUT2D eigenvalue weighted by molar-refractivity contribution is 0.664. The van der Waals surface area contributed by atoms with Crippen LogP contribution in [0.2, 0.25) is 0 Å². The van der Waals surface area contributed by atoms with Crippen LogP contribution in [0.15, 0.2) is 45.7 Å². The molecule has 4 aromatic rings. The summed E-state index contributed by atoms with van der Waals surface area (Å²) in [5.41, 5.74) is 3.24. The summed E-state index contributed by atoms with van der Waals surface area (Å²) < 4.78 is 3.35. The van der Waals surface area contributed by atoms with Crippen LogP contribution in [0, 0.1) is 0 Å². The Morgan fingerprint density at radius 1 is 1.05 bits per heavy atom. The fourth-order valence-electron chi connectivity index (χ4n) is 2.27. The number of nitrogens with zero attached hydrogens (tertiary/aromatic N) is 6. The topological polar surface area (TPSA) is 69.4 Å². The highest BCUT2D eigenvalue weighted by Crippen LogP contribution is 2.20. The molecule has 0 saturated carbocycles. The molecule has 0 saturated heterocycles. The maximum atomic E-state index is 4.38. The molecule has 22 heavy (non-hydrogen) atoms. The molecule has 6 nitrogen and oxygen atoms in total. The molecule has 0 unspecified atom stereocenters. The molecule has 0 amide bonds. The second-order valence-electron chi connectivity index (χ2n) is 4.77. The molecule has 0 atom stereocenters. The second-order valence-corrected chi connectivity index (χ2v) is 6.50. The zero-order valence-electron chi connectivity index (χ0n) is 11.1. The van der Waals surface area contributed by atoms with Gasteiger partial charge in [-0.05, 0) is 55.6 Å². The zero-order chi connectivity index (χ0) is 15.1. The van der Waals surface area contributed by atoms with Crippen LogP contribution in [-0.2, 0) is 6.54 Å². The maximum absolute atomic E-state index is 4.38. The highest BCUT2D eigenvalue weighted by molar-refractivity contribution is 9.10. The Kier molecular flexibility index (Phi) is 3.34. The highest BCUT2D eigenvalue weighted by atomic mass is 79.9. The van der Waals surface area contributed by atoms with Crippen molar-refractivity contribution in [2.75, 3.05) is 0 Å². The minimum atomic E-state index is 0.536. The van der Waals surface area contributed by atoms with Crippen LogP contribution in [-0.4, -0.2) is 29.9 Å². The van der Waals surface area contributed by atoms with Crippen molar-refractivity contribution in [3.8, 4) is 0 Å². The highest BCUT2D eigenvalue weighted by Gasteiger charge is 2.09. The van der Waals surface area contributed by atoms with Crippen molar-refractivity contribution in [2.24, 2.45) is 0 Å². The van der Waals surface area contributed by atoms with Crippen molar-refractivity contribution in [3.63, 3.8) is 0 Å². The van der Waals surface area contributed by atoms with Gasteiger partial charge in [-0.25, -0.2) is 14.6 Å². The van der Waals surface area contributed by atoms with E-state index in [1.807, 2.05) is 18.2 Å². The van der Waals surface area contributed by atoms with Crippen LogP contribution < -0.4 is 0 Å². The van der Waals surface area contributed by atoms with E-state index in [0.29, 0.717) is 22.4 Å². The fourth-order valence-corrected chi connectivity index (χ4v) is 2.89. The van der Waals surface area contributed by atoms with E-state index in [1.54, 1.807) is 17.1 Å². The van der Waals surface area contributed by atoms with E-state index >= 15 is 0 Å². The molecule has 0 radical (unpaired) electrons. The lowest BCUT2D eigenvalue weighted by Gasteiger charge is -2.04. The maximum Gasteiger partial charge on any atom is 0.221 e. The molecule has 0 aliphatic rings. The number of aromatic nitrogens is 6. The molecule has 0 spiro atoms. The van der Waals surface area contributed by atoms with E-state index in [-0.39, 0.29) is 0 Å². The average molecular weight is 420 g/mol. The van der Waals surface area contributed by atoms with Crippen molar-refractivity contribution in [2.45, 2.75) is 6.54 Å². The molecule has 0 N–H and O–H groups in total. The van der Waals surface area contributed by atoms with Gasteiger partial charge in [-0.3, -0.25) is 4.98 Å². The Bertz CT molecular complexity index is 997. The number of pyridine rings is 1. The Hall–Kier alpha value is -1.93. The van der Waals surface area contributed by atoms with Crippen LogP contribution in [0.25, 0.3) is 22.2 Å². The van der Waals surface area contributed by atoms with Gasteiger partial charge in [0.15, 0.2) is 5.65 Å². The Balaban J connectivity index is 1.77. The summed E-state index contributed by atoms with van der Waals surface area (Å²) in [5.74, 6) is 0. The van der Waals surface area contributed by atoms with Crippen LogP contribution in [0.1, 0.15) is 5.56 Å². The van der Waals surface area contributed by atoms with Crippen molar-refractivity contribution in [3.05, 3.63) is 51.3 Å². The predicted molar refractivity (Wildman–Crippen MR) is 89.4 cm³/mol. The number of fused-ring (bicyclic) bond motifs is 2. The van der Waals surface area contributed by atoms with Gasteiger partial charge in [0.2, 0.25) is 5.65 Å². The number of rotatable bonds is 2. The van der Waals surface area contributed by atoms with Gasteiger partial charge in [-0.1, -0.05) is 11.3 Å². The van der Waals surface area contributed by atoms with Crippen molar-refractivity contribution in [1.82, 2.24) is 29.9 Å². The minimum Gasteiger partial charge on any atom is -0.255 e. The summed E-state index contributed by atoms with van der Waals surface area (Å²) in [5, 5.41) is 9.23. The number of hydrogen-bond acceptors (Lipinski definition) is 5. The molecule has 0 fully saturated rings. The number of hydrogen-bond donors (Lipinski definition) is 0. The molecule has 1 aromatic carbocycles. The molecule has 0 aliphatic heterocycles. The standard InChI is InChI=1S/C14H8Br2N6/c15-10-4-9-3-8(1-2-11(9)17-5-10)7-22-14-13(20-21-22)18-6-12(16)19-14/h1-6H,7H2.